The molecule has 10 nitrogen and oxygen atoms in total. The third kappa shape index (κ3) is 5.84. The second-order valence-electron chi connectivity index (χ2n) is 5.26. The average Bonchev–Trinajstić information content (AvgIpc) is 3.09. The van der Waals surface area contributed by atoms with Gasteiger partial charge in [-0.1, -0.05) is 30.4 Å². The summed E-state index contributed by atoms with van der Waals surface area (Å²) in [5, 5.41) is 18.6. The highest BCUT2D eigenvalue weighted by atomic mass is 32.2. The predicted octanol–water partition coefficient (Wildman–Crippen LogP) is 1.22. The highest BCUT2D eigenvalue weighted by Crippen LogP contribution is 2.22. The second kappa shape index (κ2) is 8.46. The van der Waals surface area contributed by atoms with Gasteiger partial charge in [-0.05, 0) is 23.8 Å². The van der Waals surface area contributed by atoms with Crippen LogP contribution < -0.4 is 9.50 Å². The number of nitriles is 1. The van der Waals surface area contributed by atoms with Crippen molar-refractivity contribution in [1.29, 1.82) is 5.26 Å². The van der Waals surface area contributed by atoms with Crippen LogP contribution >= 0.6 is 11.3 Å². The van der Waals surface area contributed by atoms with Gasteiger partial charge in [0.2, 0.25) is 19.3 Å². The van der Waals surface area contributed by atoms with E-state index in [1.54, 1.807) is 6.07 Å². The fourth-order valence-corrected chi connectivity index (χ4v) is 4.23. The van der Waals surface area contributed by atoms with Gasteiger partial charge in [0.05, 0.1) is 12.0 Å². The smallest absolute Gasteiger partial charge is 0.306 e. The van der Waals surface area contributed by atoms with Crippen molar-refractivity contribution in [3.63, 3.8) is 0 Å². The molecule has 0 saturated carbocycles. The van der Waals surface area contributed by atoms with Gasteiger partial charge < -0.3 is 4.18 Å². The van der Waals surface area contributed by atoms with Crippen molar-refractivity contribution in [2.75, 3.05) is 17.3 Å². The van der Waals surface area contributed by atoms with Crippen LogP contribution in [0.1, 0.15) is 12.5 Å². The molecule has 13 heteroatoms. The van der Waals surface area contributed by atoms with E-state index >= 15 is 0 Å². The molecule has 0 bridgehead atoms. The summed E-state index contributed by atoms with van der Waals surface area (Å²) in [6.07, 6.45) is 2.17. The summed E-state index contributed by atoms with van der Waals surface area (Å²) in [4.78, 5) is 12.2. The maximum absolute atomic E-state index is 12.2. The van der Waals surface area contributed by atoms with Crippen molar-refractivity contribution in [2.45, 2.75) is 11.3 Å². The average molecular weight is 443 g/mol. The molecule has 1 aromatic heterocycles. The van der Waals surface area contributed by atoms with Crippen LogP contribution in [0.3, 0.4) is 0 Å². The fourth-order valence-electron chi connectivity index (χ4n) is 1.78. The van der Waals surface area contributed by atoms with Crippen molar-refractivity contribution < 1.29 is 25.8 Å². The number of rotatable bonds is 7. The van der Waals surface area contributed by atoms with E-state index in [4.69, 9.17) is 4.18 Å². The number of carbonyl (C=O) groups excluding carboxylic acids is 1. The predicted molar refractivity (Wildman–Crippen MR) is 102 cm³/mol. The van der Waals surface area contributed by atoms with Crippen molar-refractivity contribution in [3.8, 4) is 11.8 Å². The van der Waals surface area contributed by atoms with Crippen LogP contribution in [0.2, 0.25) is 0 Å². The van der Waals surface area contributed by atoms with E-state index in [-0.39, 0.29) is 26.5 Å². The van der Waals surface area contributed by atoms with Gasteiger partial charge in [0.25, 0.3) is 5.91 Å². The molecule has 1 N–H and O–H groups in total. The van der Waals surface area contributed by atoms with Gasteiger partial charge in [-0.25, -0.2) is 8.42 Å². The van der Waals surface area contributed by atoms with Crippen LogP contribution in [0.5, 0.6) is 5.75 Å². The van der Waals surface area contributed by atoms with Gasteiger partial charge in [-0.2, -0.15) is 13.7 Å². The topological polar surface area (TPSA) is 156 Å². The van der Waals surface area contributed by atoms with Crippen LogP contribution in [0.15, 0.2) is 34.2 Å². The Bertz CT molecular complexity index is 1160. The van der Waals surface area contributed by atoms with E-state index in [1.807, 2.05) is 0 Å². The molecule has 1 heterocycles. The van der Waals surface area contributed by atoms with Gasteiger partial charge in [0.15, 0.2) is 0 Å². The first-order valence-corrected chi connectivity index (χ1v) is 11.8. The van der Waals surface area contributed by atoms with Gasteiger partial charge in [-0.3, -0.25) is 10.1 Å². The molecule has 0 fully saturated rings. The molecule has 0 aliphatic heterocycles. The zero-order valence-corrected chi connectivity index (χ0v) is 17.1. The normalized spacial score (nSPS) is 12.2. The highest BCUT2D eigenvalue weighted by Gasteiger charge is 2.19. The molecule has 0 saturated heterocycles. The molecule has 148 valence electrons. The number of hydrogen-bond donors (Lipinski definition) is 1. The second-order valence-corrected chi connectivity index (χ2v) is 10.3. The molecule has 0 radical (unpaired) electrons. The minimum absolute atomic E-state index is 0.0601. The van der Waals surface area contributed by atoms with Crippen LogP contribution in [0.25, 0.3) is 6.08 Å². The van der Waals surface area contributed by atoms with E-state index in [1.165, 1.54) is 37.3 Å². The zero-order valence-electron chi connectivity index (χ0n) is 14.6. The summed E-state index contributed by atoms with van der Waals surface area (Å²) < 4.78 is 50.1. The van der Waals surface area contributed by atoms with Gasteiger partial charge in [-0.15, -0.1) is 10.2 Å². The van der Waals surface area contributed by atoms with Gasteiger partial charge in [0.1, 0.15) is 17.4 Å². The van der Waals surface area contributed by atoms with Crippen LogP contribution in [0, 0.1) is 11.3 Å². The number of anilines is 1. The number of nitrogens with zero attached hydrogens (tertiary/aromatic N) is 3. The quantitative estimate of drug-likeness (QED) is 0.288. The molecule has 2 aromatic rings. The lowest BCUT2D eigenvalue weighted by atomic mass is 10.1. The van der Waals surface area contributed by atoms with Crippen LogP contribution in [-0.4, -0.2) is 44.9 Å². The standard InChI is InChI=1S/C15H14N4O6S3/c1-3-28(23,24)15-19-18-14(26-15)17-13(20)11(9-16)8-10-4-6-12(7-5-10)25-27(2,21)22/h4-8H,3H2,1-2H3,(H,17,18,20). The van der Waals surface area contributed by atoms with Crippen molar-refractivity contribution in [2.24, 2.45) is 0 Å². The number of benzene rings is 1. The Hall–Kier alpha value is -2.82. The minimum atomic E-state index is -3.66. The van der Waals surface area contributed by atoms with Crippen LogP contribution in [-0.2, 0) is 24.7 Å². The van der Waals surface area contributed by atoms with E-state index in [0.29, 0.717) is 16.9 Å². The molecular formula is C15H14N4O6S3. The number of hydrogen-bond acceptors (Lipinski definition) is 10. The Labute approximate surface area is 165 Å². The largest absolute Gasteiger partial charge is 0.383 e. The number of sulfone groups is 1. The fraction of sp³-hybridized carbons (Fsp3) is 0.200. The summed E-state index contributed by atoms with van der Waals surface area (Å²) in [7, 11) is -7.21. The zero-order chi connectivity index (χ0) is 20.9. The maximum Gasteiger partial charge on any atom is 0.306 e. The first-order valence-electron chi connectivity index (χ1n) is 7.53. The molecule has 28 heavy (non-hydrogen) atoms. The van der Waals surface area contributed by atoms with E-state index < -0.39 is 25.9 Å². The first kappa shape index (κ1) is 21.5. The first-order chi connectivity index (χ1) is 13.0. The molecule has 0 spiro atoms. The lowest BCUT2D eigenvalue weighted by Gasteiger charge is -2.03. The molecule has 1 amide bonds. The van der Waals surface area contributed by atoms with E-state index in [9.17, 15) is 26.9 Å². The summed E-state index contributed by atoms with van der Waals surface area (Å²) in [5.74, 6) is -0.866. The Balaban J connectivity index is 2.16. The molecule has 0 atom stereocenters. The minimum Gasteiger partial charge on any atom is -0.383 e. The van der Waals surface area contributed by atoms with Crippen molar-refractivity contribution in [1.82, 2.24) is 10.2 Å². The lowest BCUT2D eigenvalue weighted by Crippen LogP contribution is -2.13. The van der Waals surface area contributed by atoms with E-state index in [2.05, 4.69) is 15.5 Å². The van der Waals surface area contributed by atoms with Crippen molar-refractivity contribution in [3.05, 3.63) is 35.4 Å². The molecule has 0 unspecified atom stereocenters. The summed E-state index contributed by atoms with van der Waals surface area (Å²) in [5.41, 5.74) is 0.172. The van der Waals surface area contributed by atoms with Crippen molar-refractivity contribution >= 4 is 48.4 Å². The lowest BCUT2D eigenvalue weighted by molar-refractivity contribution is -0.112. The molecule has 1 aromatic carbocycles. The Morgan fingerprint density at radius 2 is 1.89 bits per heavy atom. The van der Waals surface area contributed by atoms with Gasteiger partial charge >= 0.3 is 10.1 Å². The molecule has 2 rings (SSSR count). The van der Waals surface area contributed by atoms with E-state index in [0.717, 1.165) is 6.26 Å². The third-order valence-electron chi connectivity index (χ3n) is 3.08. The summed E-state index contributed by atoms with van der Waals surface area (Å²) >= 11 is 0.682. The SMILES string of the molecule is CCS(=O)(=O)c1nnc(NC(=O)C(C#N)=Cc2ccc(OS(C)(=O)=O)cc2)s1. The van der Waals surface area contributed by atoms with Gasteiger partial charge in [0, 0.05) is 0 Å². The Morgan fingerprint density at radius 3 is 2.43 bits per heavy atom. The Kier molecular flexibility index (Phi) is 6.49. The van der Waals surface area contributed by atoms with Crippen LogP contribution in [0.4, 0.5) is 5.13 Å². The maximum atomic E-state index is 12.2. The third-order valence-corrected chi connectivity index (χ3v) is 6.59. The number of carbonyl (C=O) groups is 1. The summed E-state index contributed by atoms with van der Waals surface area (Å²) in [6.45, 7) is 1.46. The number of amides is 1. The Morgan fingerprint density at radius 1 is 1.25 bits per heavy atom. The molecular weight excluding hydrogens is 428 g/mol. The molecule has 0 aliphatic carbocycles. The number of nitrogens with one attached hydrogen (secondary N) is 1. The summed E-state index contributed by atoms with van der Waals surface area (Å²) in [6, 6.07) is 7.39. The highest BCUT2D eigenvalue weighted by molar-refractivity contribution is 7.93. The number of aromatic nitrogens is 2. The monoisotopic (exact) mass is 442 g/mol. The molecule has 0 aliphatic rings.